The Balaban J connectivity index is 1.57. The minimum atomic E-state index is -0.341. The summed E-state index contributed by atoms with van der Waals surface area (Å²) >= 11 is 13.2. The average molecular weight is 492 g/mol. The molecule has 0 aliphatic heterocycles. The van der Waals surface area contributed by atoms with Crippen molar-refractivity contribution in [3.8, 4) is 0 Å². The van der Waals surface area contributed by atoms with Gasteiger partial charge in [-0.2, -0.15) is 0 Å². The lowest BCUT2D eigenvalue weighted by Gasteiger charge is -2.12. The van der Waals surface area contributed by atoms with E-state index >= 15 is 0 Å². The Morgan fingerprint density at radius 1 is 1.06 bits per heavy atom. The van der Waals surface area contributed by atoms with Gasteiger partial charge >= 0.3 is 0 Å². The number of nitrogens with one attached hydrogen (secondary N) is 2. The van der Waals surface area contributed by atoms with Crippen molar-refractivity contribution in [1.29, 1.82) is 0 Å². The van der Waals surface area contributed by atoms with Crippen LogP contribution in [0.15, 0.2) is 35.5 Å². The molecule has 3 aromatic rings. The second-order valence-corrected chi connectivity index (χ2v) is 9.16. The Morgan fingerprint density at radius 2 is 1.75 bits per heavy atom. The number of hydrogen-bond donors (Lipinski definition) is 2. The van der Waals surface area contributed by atoms with Crippen molar-refractivity contribution in [3.05, 3.63) is 68.5 Å². The summed E-state index contributed by atoms with van der Waals surface area (Å²) in [4.78, 5) is 24.8. The van der Waals surface area contributed by atoms with Crippen LogP contribution in [0.25, 0.3) is 0 Å². The summed E-state index contributed by atoms with van der Waals surface area (Å²) in [5.74, 6) is 0.273. The minimum absolute atomic E-state index is 0.125. The standard InChI is InChI=1S/C22H23Cl2N5O2S/c1-12-7-13(2)20(14(3)8-12)26-19(30)11-32-22-28-27-18(29(22)4)10-25-21(31)16-6-5-15(23)9-17(16)24/h5-9H,10-11H2,1-4H3,(H,25,31)(H,26,30). The highest BCUT2D eigenvalue weighted by Gasteiger charge is 2.15. The number of rotatable bonds is 7. The number of carbonyl (C=O) groups excluding carboxylic acids is 2. The second-order valence-electron chi connectivity index (χ2n) is 7.38. The average Bonchev–Trinajstić information content (AvgIpc) is 3.06. The molecule has 10 heteroatoms. The number of benzene rings is 2. The molecule has 0 saturated heterocycles. The van der Waals surface area contributed by atoms with Gasteiger partial charge in [-0.3, -0.25) is 9.59 Å². The van der Waals surface area contributed by atoms with Gasteiger partial charge < -0.3 is 15.2 Å². The molecule has 0 aliphatic rings. The lowest BCUT2D eigenvalue weighted by atomic mass is 10.1. The number of amides is 2. The van der Waals surface area contributed by atoms with E-state index in [9.17, 15) is 9.59 Å². The first-order valence-electron chi connectivity index (χ1n) is 9.77. The van der Waals surface area contributed by atoms with Crippen LogP contribution in [0, 0.1) is 20.8 Å². The maximum absolute atomic E-state index is 12.5. The third-order valence-corrected chi connectivity index (χ3v) is 6.35. The molecule has 1 aromatic heterocycles. The fourth-order valence-electron chi connectivity index (χ4n) is 3.24. The third-order valence-electron chi connectivity index (χ3n) is 4.78. The van der Waals surface area contributed by atoms with E-state index in [0.29, 0.717) is 21.6 Å². The van der Waals surface area contributed by atoms with Crippen LogP contribution in [0.1, 0.15) is 32.9 Å². The molecule has 2 aromatic carbocycles. The summed E-state index contributed by atoms with van der Waals surface area (Å²) in [6, 6.07) is 8.75. The smallest absolute Gasteiger partial charge is 0.253 e. The van der Waals surface area contributed by atoms with Crippen molar-refractivity contribution in [2.24, 2.45) is 7.05 Å². The highest BCUT2D eigenvalue weighted by molar-refractivity contribution is 7.99. The van der Waals surface area contributed by atoms with E-state index < -0.39 is 0 Å². The summed E-state index contributed by atoms with van der Waals surface area (Å²) in [5.41, 5.74) is 4.37. The topological polar surface area (TPSA) is 88.9 Å². The van der Waals surface area contributed by atoms with Crippen molar-refractivity contribution < 1.29 is 9.59 Å². The molecule has 0 radical (unpaired) electrons. The van der Waals surface area contributed by atoms with Crippen molar-refractivity contribution in [2.45, 2.75) is 32.5 Å². The normalized spacial score (nSPS) is 10.8. The van der Waals surface area contributed by atoms with Gasteiger partial charge in [-0.05, 0) is 50.1 Å². The first-order chi connectivity index (χ1) is 15.2. The van der Waals surface area contributed by atoms with Crippen LogP contribution in [-0.4, -0.2) is 32.3 Å². The van der Waals surface area contributed by atoms with Crippen LogP contribution in [-0.2, 0) is 18.4 Å². The lowest BCUT2D eigenvalue weighted by molar-refractivity contribution is -0.113. The summed E-state index contributed by atoms with van der Waals surface area (Å²) < 4.78 is 1.74. The number of aryl methyl sites for hydroxylation is 3. The summed E-state index contributed by atoms with van der Waals surface area (Å²) in [5, 5.41) is 15.3. The molecule has 0 bridgehead atoms. The van der Waals surface area contributed by atoms with Crippen LogP contribution >= 0.6 is 35.0 Å². The molecule has 0 saturated carbocycles. The number of anilines is 1. The van der Waals surface area contributed by atoms with Crippen LogP contribution in [0.2, 0.25) is 10.0 Å². The van der Waals surface area contributed by atoms with Crippen molar-refractivity contribution in [3.63, 3.8) is 0 Å². The molecular formula is C22H23Cl2N5O2S. The Kier molecular flexibility index (Phi) is 7.82. The van der Waals surface area contributed by atoms with E-state index in [1.807, 2.05) is 32.9 Å². The van der Waals surface area contributed by atoms with Crippen LogP contribution in [0.4, 0.5) is 5.69 Å². The van der Waals surface area contributed by atoms with Gasteiger partial charge in [0.2, 0.25) is 5.91 Å². The van der Waals surface area contributed by atoms with Crippen LogP contribution in [0.3, 0.4) is 0 Å². The van der Waals surface area contributed by atoms with E-state index in [1.54, 1.807) is 23.7 Å². The Morgan fingerprint density at radius 3 is 2.41 bits per heavy atom. The van der Waals surface area contributed by atoms with Crippen molar-refractivity contribution in [2.75, 3.05) is 11.1 Å². The third kappa shape index (κ3) is 5.82. The van der Waals surface area contributed by atoms with Gasteiger partial charge in [0.1, 0.15) is 0 Å². The first kappa shape index (κ1) is 24.1. The van der Waals surface area contributed by atoms with Crippen molar-refractivity contribution in [1.82, 2.24) is 20.1 Å². The molecule has 0 atom stereocenters. The first-order valence-corrected chi connectivity index (χ1v) is 11.5. The molecular weight excluding hydrogens is 469 g/mol. The van der Waals surface area contributed by atoms with Gasteiger partial charge in [0.05, 0.1) is 22.9 Å². The number of nitrogens with zero attached hydrogens (tertiary/aromatic N) is 3. The SMILES string of the molecule is Cc1cc(C)c(NC(=O)CSc2nnc(CNC(=O)c3ccc(Cl)cc3Cl)n2C)c(C)c1. The maximum Gasteiger partial charge on any atom is 0.253 e. The molecule has 0 spiro atoms. The molecule has 0 unspecified atom stereocenters. The van der Waals surface area contributed by atoms with Crippen LogP contribution < -0.4 is 10.6 Å². The predicted molar refractivity (Wildman–Crippen MR) is 129 cm³/mol. The van der Waals surface area contributed by atoms with Crippen LogP contribution in [0.5, 0.6) is 0 Å². The zero-order valence-corrected chi connectivity index (χ0v) is 20.5. The molecule has 0 aliphatic carbocycles. The van der Waals surface area contributed by atoms with Gasteiger partial charge in [0.25, 0.3) is 5.91 Å². The number of carbonyl (C=O) groups is 2. The van der Waals surface area contributed by atoms with Gasteiger partial charge in [-0.15, -0.1) is 10.2 Å². The largest absolute Gasteiger partial charge is 0.345 e. The minimum Gasteiger partial charge on any atom is -0.345 e. The molecule has 3 rings (SSSR count). The van der Waals surface area contributed by atoms with Gasteiger partial charge in [0.15, 0.2) is 11.0 Å². The molecule has 0 fully saturated rings. The summed E-state index contributed by atoms with van der Waals surface area (Å²) in [6.45, 7) is 6.14. The van der Waals surface area contributed by atoms with E-state index in [-0.39, 0.29) is 29.1 Å². The maximum atomic E-state index is 12.5. The zero-order valence-electron chi connectivity index (χ0n) is 18.1. The van der Waals surface area contributed by atoms with Gasteiger partial charge in [-0.1, -0.05) is 52.7 Å². The zero-order chi connectivity index (χ0) is 23.4. The quantitative estimate of drug-likeness (QED) is 0.467. The molecule has 7 nitrogen and oxygen atoms in total. The fourth-order valence-corrected chi connectivity index (χ4v) is 4.46. The molecule has 1 heterocycles. The Bertz CT molecular complexity index is 1160. The monoisotopic (exact) mass is 491 g/mol. The van der Waals surface area contributed by atoms with Gasteiger partial charge in [-0.25, -0.2) is 0 Å². The fraction of sp³-hybridized carbons (Fsp3) is 0.273. The van der Waals surface area contributed by atoms with E-state index in [1.165, 1.54) is 17.8 Å². The lowest BCUT2D eigenvalue weighted by Crippen LogP contribution is -2.24. The van der Waals surface area contributed by atoms with Crippen molar-refractivity contribution >= 4 is 52.5 Å². The highest BCUT2D eigenvalue weighted by atomic mass is 35.5. The van der Waals surface area contributed by atoms with E-state index in [0.717, 1.165) is 22.4 Å². The number of thioether (sulfide) groups is 1. The van der Waals surface area contributed by atoms with E-state index in [2.05, 4.69) is 20.8 Å². The predicted octanol–water partition coefficient (Wildman–Crippen LogP) is 4.71. The highest BCUT2D eigenvalue weighted by Crippen LogP contribution is 2.23. The van der Waals surface area contributed by atoms with E-state index in [4.69, 9.17) is 23.2 Å². The number of halogens is 2. The molecule has 2 amide bonds. The Hall–Kier alpha value is -2.55. The van der Waals surface area contributed by atoms with Gasteiger partial charge in [0, 0.05) is 17.8 Å². The second kappa shape index (κ2) is 10.4. The Labute approximate surface area is 200 Å². The number of hydrogen-bond acceptors (Lipinski definition) is 5. The number of aromatic nitrogens is 3. The molecule has 32 heavy (non-hydrogen) atoms. The summed E-state index contributed by atoms with van der Waals surface area (Å²) in [7, 11) is 1.78. The molecule has 168 valence electrons. The summed E-state index contributed by atoms with van der Waals surface area (Å²) in [6.07, 6.45) is 0. The molecule has 2 N–H and O–H groups in total.